The average Bonchev–Trinajstić information content (AvgIpc) is 2.70. The van der Waals surface area contributed by atoms with Crippen molar-refractivity contribution in [3.63, 3.8) is 0 Å². The smallest absolute Gasteiger partial charge is 0.257 e. The minimum atomic E-state index is -0.0982. The first-order valence-electron chi connectivity index (χ1n) is 7.07. The van der Waals surface area contributed by atoms with Gasteiger partial charge in [0, 0.05) is 43.3 Å². The predicted octanol–water partition coefficient (Wildman–Crippen LogP) is 1.63. The molecule has 7 heteroatoms. The molecule has 1 aromatic heterocycles. The summed E-state index contributed by atoms with van der Waals surface area (Å²) < 4.78 is 0.761. The lowest BCUT2D eigenvalue weighted by Gasteiger charge is -2.21. The van der Waals surface area contributed by atoms with E-state index in [0.29, 0.717) is 37.4 Å². The Morgan fingerprint density at radius 1 is 1.52 bits per heavy atom. The quantitative estimate of drug-likeness (QED) is 0.861. The van der Waals surface area contributed by atoms with Crippen LogP contribution in [0.5, 0.6) is 0 Å². The molecule has 0 unspecified atom stereocenters. The highest BCUT2D eigenvalue weighted by Crippen LogP contribution is 2.20. The molecule has 6 nitrogen and oxygen atoms in total. The van der Waals surface area contributed by atoms with Crippen molar-refractivity contribution >= 4 is 33.6 Å². The molecular weight excluding hydrogens is 336 g/mol. The SMILES string of the molecule is CCCNc1ncc(Br)cc1C(=O)N1CCNC(=O)CC1. The third kappa shape index (κ3) is 4.17. The van der Waals surface area contributed by atoms with Crippen LogP contribution in [0.15, 0.2) is 16.7 Å². The molecule has 1 aromatic rings. The van der Waals surface area contributed by atoms with Gasteiger partial charge in [0.15, 0.2) is 0 Å². The van der Waals surface area contributed by atoms with E-state index in [2.05, 4.69) is 38.5 Å². The van der Waals surface area contributed by atoms with Gasteiger partial charge in [-0.25, -0.2) is 4.98 Å². The molecule has 0 radical (unpaired) electrons. The summed E-state index contributed by atoms with van der Waals surface area (Å²) in [5.74, 6) is 0.481. The van der Waals surface area contributed by atoms with E-state index in [0.717, 1.165) is 17.4 Å². The third-order valence-electron chi connectivity index (χ3n) is 3.23. The fourth-order valence-electron chi connectivity index (χ4n) is 2.13. The zero-order valence-electron chi connectivity index (χ0n) is 12.0. The van der Waals surface area contributed by atoms with Crippen LogP contribution in [-0.2, 0) is 4.79 Å². The summed E-state index contributed by atoms with van der Waals surface area (Å²) >= 11 is 3.35. The topological polar surface area (TPSA) is 74.3 Å². The van der Waals surface area contributed by atoms with Gasteiger partial charge in [-0.2, -0.15) is 0 Å². The molecule has 0 spiro atoms. The number of aromatic nitrogens is 1. The molecule has 114 valence electrons. The van der Waals surface area contributed by atoms with Gasteiger partial charge < -0.3 is 15.5 Å². The van der Waals surface area contributed by atoms with Crippen molar-refractivity contribution in [1.29, 1.82) is 0 Å². The lowest BCUT2D eigenvalue weighted by atomic mass is 10.2. The third-order valence-corrected chi connectivity index (χ3v) is 3.66. The second-order valence-corrected chi connectivity index (χ2v) is 5.78. The van der Waals surface area contributed by atoms with E-state index in [4.69, 9.17) is 0 Å². The molecule has 2 heterocycles. The van der Waals surface area contributed by atoms with E-state index >= 15 is 0 Å². The number of amides is 2. The van der Waals surface area contributed by atoms with Crippen molar-refractivity contribution in [2.75, 3.05) is 31.5 Å². The fraction of sp³-hybridized carbons (Fsp3) is 0.500. The Morgan fingerprint density at radius 3 is 3.10 bits per heavy atom. The maximum atomic E-state index is 12.7. The number of nitrogens with one attached hydrogen (secondary N) is 2. The lowest BCUT2D eigenvalue weighted by molar-refractivity contribution is -0.120. The number of pyridine rings is 1. The minimum Gasteiger partial charge on any atom is -0.369 e. The van der Waals surface area contributed by atoms with Crippen molar-refractivity contribution in [2.45, 2.75) is 19.8 Å². The van der Waals surface area contributed by atoms with Crippen molar-refractivity contribution in [3.05, 3.63) is 22.3 Å². The van der Waals surface area contributed by atoms with Crippen LogP contribution in [0.25, 0.3) is 0 Å². The lowest BCUT2D eigenvalue weighted by Crippen LogP contribution is -2.34. The predicted molar refractivity (Wildman–Crippen MR) is 84.2 cm³/mol. The molecule has 1 aliphatic rings. The van der Waals surface area contributed by atoms with Crippen LogP contribution in [0.4, 0.5) is 5.82 Å². The molecule has 2 rings (SSSR count). The van der Waals surface area contributed by atoms with Gasteiger partial charge in [-0.05, 0) is 28.4 Å². The monoisotopic (exact) mass is 354 g/mol. The number of anilines is 1. The second kappa shape index (κ2) is 7.40. The minimum absolute atomic E-state index is 0.0120. The highest BCUT2D eigenvalue weighted by Gasteiger charge is 2.22. The molecule has 2 amide bonds. The Bertz CT molecular complexity index is 536. The molecule has 1 fully saturated rings. The van der Waals surface area contributed by atoms with Crippen LogP contribution in [0, 0.1) is 0 Å². The number of rotatable bonds is 4. The van der Waals surface area contributed by atoms with Gasteiger partial charge in [0.1, 0.15) is 5.82 Å². The molecule has 0 aromatic carbocycles. The molecule has 0 bridgehead atoms. The summed E-state index contributed by atoms with van der Waals surface area (Å²) in [5, 5.41) is 5.94. The number of halogens is 1. The van der Waals surface area contributed by atoms with Crippen molar-refractivity contribution < 1.29 is 9.59 Å². The van der Waals surface area contributed by atoms with Gasteiger partial charge in [-0.1, -0.05) is 6.92 Å². The van der Waals surface area contributed by atoms with Gasteiger partial charge in [0.2, 0.25) is 5.91 Å². The van der Waals surface area contributed by atoms with E-state index < -0.39 is 0 Å². The van der Waals surface area contributed by atoms with Crippen molar-refractivity contribution in [2.24, 2.45) is 0 Å². The van der Waals surface area contributed by atoms with Gasteiger partial charge in [-0.15, -0.1) is 0 Å². The average molecular weight is 355 g/mol. The number of carbonyl (C=O) groups excluding carboxylic acids is 2. The Hall–Kier alpha value is -1.63. The van der Waals surface area contributed by atoms with Crippen molar-refractivity contribution in [1.82, 2.24) is 15.2 Å². The Kier molecular flexibility index (Phi) is 5.55. The van der Waals surface area contributed by atoms with Crippen LogP contribution < -0.4 is 10.6 Å². The Balaban J connectivity index is 2.20. The van der Waals surface area contributed by atoms with E-state index in [1.807, 2.05) is 0 Å². The second-order valence-electron chi connectivity index (χ2n) is 4.87. The summed E-state index contributed by atoms with van der Waals surface area (Å²) in [6.07, 6.45) is 2.96. The van der Waals surface area contributed by atoms with E-state index in [9.17, 15) is 9.59 Å². The molecule has 1 saturated heterocycles. The largest absolute Gasteiger partial charge is 0.369 e. The Labute approximate surface area is 132 Å². The standard InChI is InChI=1S/C14H19BrN4O2/c1-2-4-17-13-11(8-10(15)9-18-13)14(21)19-6-3-12(20)16-5-7-19/h8-9H,2-7H2,1H3,(H,16,20)(H,17,18). The number of nitrogens with zero attached hydrogens (tertiary/aromatic N) is 2. The molecular formula is C14H19BrN4O2. The van der Waals surface area contributed by atoms with Crippen LogP contribution in [0.2, 0.25) is 0 Å². The fourth-order valence-corrected chi connectivity index (χ4v) is 2.46. The molecule has 0 atom stereocenters. The van der Waals surface area contributed by atoms with Crippen LogP contribution in [0.1, 0.15) is 30.1 Å². The molecule has 2 N–H and O–H groups in total. The number of carbonyl (C=O) groups is 2. The first kappa shape index (κ1) is 15.8. The summed E-state index contributed by atoms with van der Waals surface area (Å²) in [4.78, 5) is 30.0. The van der Waals surface area contributed by atoms with Gasteiger partial charge in [-0.3, -0.25) is 9.59 Å². The summed E-state index contributed by atoms with van der Waals surface area (Å²) in [5.41, 5.74) is 0.534. The highest BCUT2D eigenvalue weighted by molar-refractivity contribution is 9.10. The summed E-state index contributed by atoms with van der Waals surface area (Å²) in [6.45, 7) is 4.26. The number of hydrogen-bond donors (Lipinski definition) is 2. The van der Waals surface area contributed by atoms with Gasteiger partial charge in [0.25, 0.3) is 5.91 Å². The maximum absolute atomic E-state index is 12.7. The highest BCUT2D eigenvalue weighted by atomic mass is 79.9. The van der Waals surface area contributed by atoms with Crippen LogP contribution in [0.3, 0.4) is 0 Å². The maximum Gasteiger partial charge on any atom is 0.257 e. The number of hydrogen-bond acceptors (Lipinski definition) is 4. The molecule has 1 aliphatic heterocycles. The first-order chi connectivity index (χ1) is 10.1. The van der Waals surface area contributed by atoms with E-state index in [1.165, 1.54) is 0 Å². The van der Waals surface area contributed by atoms with Crippen LogP contribution >= 0.6 is 15.9 Å². The zero-order chi connectivity index (χ0) is 15.2. The summed E-state index contributed by atoms with van der Waals surface area (Å²) in [7, 11) is 0. The van der Waals surface area contributed by atoms with Crippen LogP contribution in [-0.4, -0.2) is 47.9 Å². The molecule has 0 saturated carbocycles. The summed E-state index contributed by atoms with van der Waals surface area (Å²) in [6, 6.07) is 1.77. The van der Waals surface area contributed by atoms with Gasteiger partial charge in [0.05, 0.1) is 5.56 Å². The van der Waals surface area contributed by atoms with Gasteiger partial charge >= 0.3 is 0 Å². The zero-order valence-corrected chi connectivity index (χ0v) is 13.6. The molecule has 21 heavy (non-hydrogen) atoms. The Morgan fingerprint density at radius 2 is 2.33 bits per heavy atom. The normalized spacial score (nSPS) is 15.3. The first-order valence-corrected chi connectivity index (χ1v) is 7.86. The van der Waals surface area contributed by atoms with E-state index in [1.54, 1.807) is 17.2 Å². The van der Waals surface area contributed by atoms with Crippen molar-refractivity contribution in [3.8, 4) is 0 Å². The molecule has 0 aliphatic carbocycles. The van der Waals surface area contributed by atoms with E-state index in [-0.39, 0.29) is 11.8 Å².